The quantitative estimate of drug-likeness (QED) is 0.943. The predicted molar refractivity (Wildman–Crippen MR) is 70.3 cm³/mol. The molecule has 1 unspecified atom stereocenters. The number of rotatable bonds is 4. The second-order valence-corrected chi connectivity index (χ2v) is 4.66. The molecule has 0 aliphatic heterocycles. The minimum absolute atomic E-state index is 0.0126. The number of carboxylic acids is 1. The van der Waals surface area contributed by atoms with Gasteiger partial charge in [-0.2, -0.15) is 0 Å². The molecule has 1 atom stereocenters. The summed E-state index contributed by atoms with van der Waals surface area (Å²) in [6.45, 7) is 0. The van der Waals surface area contributed by atoms with Gasteiger partial charge in [0.25, 0.3) is 0 Å². The number of aromatic nitrogens is 2. The Morgan fingerprint density at radius 3 is 2.72 bits per heavy atom. The summed E-state index contributed by atoms with van der Waals surface area (Å²) >= 11 is 3.44. The Kier molecular flexibility index (Phi) is 4.04. The van der Waals surface area contributed by atoms with Gasteiger partial charge in [0, 0.05) is 29.0 Å². The Hall–Kier alpha value is -1.75. The van der Waals surface area contributed by atoms with Crippen molar-refractivity contribution in [3.63, 3.8) is 0 Å². The molecule has 5 heteroatoms. The van der Waals surface area contributed by atoms with E-state index in [0.29, 0.717) is 5.69 Å². The minimum Gasteiger partial charge on any atom is -0.481 e. The maximum Gasteiger partial charge on any atom is 0.304 e. The Bertz CT molecular complexity index is 546. The maximum atomic E-state index is 11.0. The van der Waals surface area contributed by atoms with Crippen molar-refractivity contribution in [1.82, 2.24) is 9.97 Å². The summed E-state index contributed by atoms with van der Waals surface area (Å²) in [5.41, 5.74) is 1.56. The van der Waals surface area contributed by atoms with Gasteiger partial charge < -0.3 is 5.11 Å². The van der Waals surface area contributed by atoms with Crippen LogP contribution >= 0.6 is 15.9 Å². The van der Waals surface area contributed by atoms with Gasteiger partial charge in [-0.15, -0.1) is 0 Å². The molecule has 1 heterocycles. The van der Waals surface area contributed by atoms with E-state index < -0.39 is 5.97 Å². The second kappa shape index (κ2) is 5.73. The van der Waals surface area contributed by atoms with Gasteiger partial charge in [0.1, 0.15) is 0 Å². The fourth-order valence-corrected chi connectivity index (χ4v) is 2.36. The van der Waals surface area contributed by atoms with Crippen molar-refractivity contribution in [3.8, 4) is 0 Å². The molecule has 4 nitrogen and oxygen atoms in total. The van der Waals surface area contributed by atoms with Gasteiger partial charge in [0.15, 0.2) is 0 Å². The third kappa shape index (κ3) is 2.92. The molecule has 0 fully saturated rings. The van der Waals surface area contributed by atoms with Crippen LogP contribution in [0.3, 0.4) is 0 Å². The molecule has 0 spiro atoms. The monoisotopic (exact) mass is 306 g/mol. The minimum atomic E-state index is -0.860. The van der Waals surface area contributed by atoms with Crippen LogP contribution in [0.4, 0.5) is 0 Å². The van der Waals surface area contributed by atoms with Gasteiger partial charge in [-0.1, -0.05) is 34.1 Å². The van der Waals surface area contributed by atoms with E-state index in [9.17, 15) is 4.79 Å². The van der Waals surface area contributed by atoms with Crippen LogP contribution in [0.2, 0.25) is 0 Å². The van der Waals surface area contributed by atoms with Gasteiger partial charge in [0.05, 0.1) is 12.1 Å². The molecule has 18 heavy (non-hydrogen) atoms. The fraction of sp³-hybridized carbons (Fsp3) is 0.154. The predicted octanol–water partition coefficient (Wildman–Crippen LogP) is 2.85. The van der Waals surface area contributed by atoms with E-state index >= 15 is 0 Å². The number of carboxylic acid groups (broad SMARTS) is 1. The number of halogens is 1. The molecule has 0 aliphatic rings. The normalized spacial score (nSPS) is 12.1. The highest BCUT2D eigenvalue weighted by molar-refractivity contribution is 9.10. The Balaban J connectivity index is 2.44. The van der Waals surface area contributed by atoms with Crippen LogP contribution in [0, 0.1) is 0 Å². The zero-order chi connectivity index (χ0) is 13.0. The molecule has 0 saturated carbocycles. The van der Waals surface area contributed by atoms with Crippen LogP contribution in [0.25, 0.3) is 0 Å². The summed E-state index contributed by atoms with van der Waals surface area (Å²) < 4.78 is 0.877. The lowest BCUT2D eigenvalue weighted by Crippen LogP contribution is -2.10. The third-order valence-electron chi connectivity index (χ3n) is 2.60. The molecule has 0 bridgehead atoms. The summed E-state index contributed by atoms with van der Waals surface area (Å²) in [6, 6.07) is 7.56. The van der Waals surface area contributed by atoms with Crippen molar-refractivity contribution in [2.45, 2.75) is 12.3 Å². The molecular formula is C13H11BrN2O2. The van der Waals surface area contributed by atoms with Crippen LogP contribution in [-0.4, -0.2) is 21.0 Å². The van der Waals surface area contributed by atoms with Gasteiger partial charge in [-0.25, -0.2) is 0 Å². The summed E-state index contributed by atoms with van der Waals surface area (Å²) in [5.74, 6) is -1.16. The molecule has 2 rings (SSSR count). The number of nitrogens with zero attached hydrogens (tertiary/aromatic N) is 2. The molecule has 1 aromatic heterocycles. The summed E-state index contributed by atoms with van der Waals surface area (Å²) in [5, 5.41) is 9.03. The lowest BCUT2D eigenvalue weighted by atomic mass is 9.93. The molecule has 92 valence electrons. The zero-order valence-corrected chi connectivity index (χ0v) is 11.0. The van der Waals surface area contributed by atoms with Crippen LogP contribution in [0.15, 0.2) is 47.3 Å². The van der Waals surface area contributed by atoms with Crippen LogP contribution < -0.4 is 0 Å². The zero-order valence-electron chi connectivity index (χ0n) is 9.45. The van der Waals surface area contributed by atoms with Crippen molar-refractivity contribution in [3.05, 3.63) is 58.6 Å². The standard InChI is InChI=1S/C13H11BrN2O2/c14-11-4-2-1-3-9(11)10(7-13(17)18)12-8-15-5-6-16-12/h1-6,8,10H,7H2,(H,17,18). The largest absolute Gasteiger partial charge is 0.481 e. The average Bonchev–Trinajstić information content (AvgIpc) is 2.38. The van der Waals surface area contributed by atoms with Gasteiger partial charge in [0.2, 0.25) is 0 Å². The molecule has 0 saturated heterocycles. The van der Waals surface area contributed by atoms with Crippen LogP contribution in [0.5, 0.6) is 0 Å². The summed E-state index contributed by atoms with van der Waals surface area (Å²) in [4.78, 5) is 19.2. The van der Waals surface area contributed by atoms with E-state index in [1.165, 1.54) is 0 Å². The van der Waals surface area contributed by atoms with Crippen molar-refractivity contribution < 1.29 is 9.90 Å². The number of carbonyl (C=O) groups is 1. The first kappa shape index (κ1) is 12.7. The molecule has 0 radical (unpaired) electrons. The van der Waals surface area contributed by atoms with Crippen molar-refractivity contribution in [2.75, 3.05) is 0 Å². The summed E-state index contributed by atoms with van der Waals surface area (Å²) in [7, 11) is 0. The number of hydrogen-bond acceptors (Lipinski definition) is 3. The first-order valence-corrected chi connectivity index (χ1v) is 6.20. The highest BCUT2D eigenvalue weighted by atomic mass is 79.9. The SMILES string of the molecule is O=C(O)CC(c1cnccn1)c1ccccc1Br. The topological polar surface area (TPSA) is 63.1 Å². The molecule has 1 aromatic carbocycles. The highest BCUT2D eigenvalue weighted by Gasteiger charge is 2.21. The molecule has 0 aliphatic carbocycles. The molecular weight excluding hydrogens is 296 g/mol. The van der Waals surface area contributed by atoms with Crippen molar-refractivity contribution >= 4 is 21.9 Å². The average molecular weight is 307 g/mol. The van der Waals surface area contributed by atoms with Gasteiger partial charge >= 0.3 is 5.97 Å². The number of hydrogen-bond donors (Lipinski definition) is 1. The van der Waals surface area contributed by atoms with E-state index in [1.807, 2.05) is 24.3 Å². The summed E-state index contributed by atoms with van der Waals surface area (Å²) in [6.07, 6.45) is 4.73. The number of benzene rings is 1. The Morgan fingerprint density at radius 2 is 2.11 bits per heavy atom. The van der Waals surface area contributed by atoms with Crippen molar-refractivity contribution in [2.24, 2.45) is 0 Å². The van der Waals surface area contributed by atoms with Gasteiger partial charge in [-0.3, -0.25) is 14.8 Å². The van der Waals surface area contributed by atoms with Crippen LogP contribution in [-0.2, 0) is 4.79 Å². The molecule has 0 amide bonds. The fourth-order valence-electron chi connectivity index (χ4n) is 1.80. The second-order valence-electron chi connectivity index (χ2n) is 3.80. The highest BCUT2D eigenvalue weighted by Crippen LogP contribution is 2.31. The smallest absolute Gasteiger partial charge is 0.304 e. The first-order valence-electron chi connectivity index (χ1n) is 5.40. The van der Waals surface area contributed by atoms with E-state index in [4.69, 9.17) is 5.11 Å². The third-order valence-corrected chi connectivity index (χ3v) is 3.32. The Labute approximate surface area is 113 Å². The van der Waals surface area contributed by atoms with E-state index in [1.54, 1.807) is 18.6 Å². The Morgan fingerprint density at radius 1 is 1.33 bits per heavy atom. The maximum absolute atomic E-state index is 11.0. The van der Waals surface area contributed by atoms with E-state index in [0.717, 1.165) is 10.0 Å². The van der Waals surface area contributed by atoms with Gasteiger partial charge in [-0.05, 0) is 11.6 Å². The lowest BCUT2D eigenvalue weighted by Gasteiger charge is -2.15. The van der Waals surface area contributed by atoms with Crippen LogP contribution in [0.1, 0.15) is 23.6 Å². The molecule has 1 N–H and O–H groups in total. The van der Waals surface area contributed by atoms with E-state index in [-0.39, 0.29) is 12.3 Å². The van der Waals surface area contributed by atoms with E-state index in [2.05, 4.69) is 25.9 Å². The molecule has 2 aromatic rings. The van der Waals surface area contributed by atoms with Crippen molar-refractivity contribution in [1.29, 1.82) is 0 Å². The first-order chi connectivity index (χ1) is 8.68. The lowest BCUT2D eigenvalue weighted by molar-refractivity contribution is -0.137. The number of aliphatic carboxylic acids is 1.